The number of benzene rings is 1. The molecule has 0 atom stereocenters. The van der Waals surface area contributed by atoms with Gasteiger partial charge in [0.15, 0.2) is 0 Å². The van der Waals surface area contributed by atoms with Crippen molar-refractivity contribution in [2.24, 2.45) is 0 Å². The van der Waals surface area contributed by atoms with Gasteiger partial charge in [0.2, 0.25) is 0 Å². The molecule has 0 bridgehead atoms. The number of nitrogen functional groups attached to an aromatic ring is 1. The second kappa shape index (κ2) is 4.68. The Morgan fingerprint density at radius 3 is 2.67 bits per heavy atom. The molecular weight excluding hydrogens is 283 g/mol. The molecule has 0 unspecified atom stereocenters. The first-order chi connectivity index (χ1) is 9.85. The van der Waals surface area contributed by atoms with Gasteiger partial charge in [-0.05, 0) is 31.9 Å². The van der Waals surface area contributed by atoms with E-state index in [0.717, 1.165) is 18.7 Å². The molecule has 0 saturated heterocycles. The predicted octanol–water partition coefficient (Wildman–Crippen LogP) is 3.67. The Kier molecular flexibility index (Phi) is 3.07. The van der Waals surface area contributed by atoms with Crippen LogP contribution >= 0.6 is 0 Å². The van der Waals surface area contributed by atoms with Crippen molar-refractivity contribution < 1.29 is 17.9 Å². The molecule has 7 heteroatoms. The van der Waals surface area contributed by atoms with Crippen molar-refractivity contribution in [3.8, 4) is 17.0 Å². The van der Waals surface area contributed by atoms with Gasteiger partial charge in [0.05, 0.1) is 0 Å². The van der Waals surface area contributed by atoms with Gasteiger partial charge in [0.1, 0.15) is 23.1 Å². The van der Waals surface area contributed by atoms with Gasteiger partial charge in [0.25, 0.3) is 0 Å². The average Bonchev–Trinajstić information content (AvgIpc) is 3.14. The number of hydrogen-bond acceptors (Lipinski definition) is 3. The van der Waals surface area contributed by atoms with Crippen molar-refractivity contribution in [3.63, 3.8) is 0 Å². The molecule has 1 saturated carbocycles. The first kappa shape index (κ1) is 13.8. The molecule has 2 aromatic rings. The van der Waals surface area contributed by atoms with Crippen LogP contribution in [-0.2, 0) is 0 Å². The van der Waals surface area contributed by atoms with Crippen LogP contribution in [-0.4, -0.2) is 15.9 Å². The zero-order valence-electron chi connectivity index (χ0n) is 11.3. The minimum Gasteiger partial charge on any atom is -0.406 e. The number of aryl methyl sites for hydroxylation is 1. The minimum atomic E-state index is -4.71. The van der Waals surface area contributed by atoms with Crippen molar-refractivity contribution >= 4 is 5.82 Å². The summed E-state index contributed by atoms with van der Waals surface area (Å²) in [5.74, 6) is 0.976. The summed E-state index contributed by atoms with van der Waals surface area (Å²) in [4.78, 5) is 4.38. The predicted molar refractivity (Wildman–Crippen MR) is 71.8 cm³/mol. The molecule has 1 aliphatic rings. The summed E-state index contributed by atoms with van der Waals surface area (Å²) in [6.07, 6.45) is -2.61. The largest absolute Gasteiger partial charge is 0.573 e. The Morgan fingerprint density at radius 1 is 1.33 bits per heavy atom. The van der Waals surface area contributed by atoms with Gasteiger partial charge in [0, 0.05) is 11.6 Å². The van der Waals surface area contributed by atoms with E-state index in [2.05, 4.69) is 9.72 Å². The summed E-state index contributed by atoms with van der Waals surface area (Å²) in [7, 11) is 0. The number of hydrogen-bond donors (Lipinski definition) is 1. The fourth-order valence-electron chi connectivity index (χ4n) is 2.41. The fourth-order valence-corrected chi connectivity index (χ4v) is 2.41. The van der Waals surface area contributed by atoms with Gasteiger partial charge < -0.3 is 15.0 Å². The maximum atomic E-state index is 12.3. The van der Waals surface area contributed by atoms with E-state index in [9.17, 15) is 13.2 Å². The zero-order chi connectivity index (χ0) is 15.2. The lowest BCUT2D eigenvalue weighted by atomic mass is 10.1. The molecule has 4 nitrogen and oxygen atoms in total. The molecule has 1 fully saturated rings. The summed E-state index contributed by atoms with van der Waals surface area (Å²) in [6, 6.07) is 6.06. The number of imidazole rings is 1. The van der Waals surface area contributed by atoms with Crippen molar-refractivity contribution in [2.45, 2.75) is 32.2 Å². The number of rotatable bonds is 3. The Hall–Kier alpha value is -2.18. The number of ether oxygens (including phenoxy) is 1. The lowest BCUT2D eigenvalue weighted by molar-refractivity contribution is -0.274. The van der Waals surface area contributed by atoms with E-state index in [1.54, 1.807) is 6.07 Å². The van der Waals surface area contributed by atoms with E-state index in [1.165, 1.54) is 18.2 Å². The van der Waals surface area contributed by atoms with Gasteiger partial charge in [-0.3, -0.25) is 0 Å². The molecule has 0 amide bonds. The van der Waals surface area contributed by atoms with Crippen LogP contribution < -0.4 is 10.5 Å². The SMILES string of the molecule is Cc1nc(-c2cccc(OC(F)(F)F)c2)c(N)n1C1CC1. The average molecular weight is 297 g/mol. The Balaban J connectivity index is 1.97. The molecule has 21 heavy (non-hydrogen) atoms. The number of aromatic nitrogens is 2. The summed E-state index contributed by atoms with van der Waals surface area (Å²) in [6.45, 7) is 1.84. The van der Waals surface area contributed by atoms with Crippen LogP contribution in [0.4, 0.5) is 19.0 Å². The normalized spacial score (nSPS) is 15.2. The lowest BCUT2D eigenvalue weighted by Gasteiger charge is -2.10. The van der Waals surface area contributed by atoms with Gasteiger partial charge in [-0.1, -0.05) is 12.1 Å². The molecule has 1 aromatic carbocycles. The molecular formula is C14H14F3N3O. The van der Waals surface area contributed by atoms with Gasteiger partial charge >= 0.3 is 6.36 Å². The van der Waals surface area contributed by atoms with Crippen LogP contribution in [0.5, 0.6) is 5.75 Å². The molecule has 2 N–H and O–H groups in total. The molecule has 0 aliphatic heterocycles. The highest BCUT2D eigenvalue weighted by Gasteiger charge is 2.32. The smallest absolute Gasteiger partial charge is 0.406 e. The van der Waals surface area contributed by atoms with E-state index < -0.39 is 6.36 Å². The third-order valence-electron chi connectivity index (χ3n) is 3.38. The first-order valence-corrected chi connectivity index (χ1v) is 6.55. The highest BCUT2D eigenvalue weighted by atomic mass is 19.4. The number of nitrogens with zero attached hydrogens (tertiary/aromatic N) is 2. The molecule has 1 aliphatic carbocycles. The number of nitrogens with two attached hydrogens (primary N) is 1. The Bertz CT molecular complexity index is 675. The second-order valence-electron chi connectivity index (χ2n) is 5.07. The monoisotopic (exact) mass is 297 g/mol. The van der Waals surface area contributed by atoms with Crippen LogP contribution in [0.15, 0.2) is 24.3 Å². The maximum Gasteiger partial charge on any atom is 0.573 e. The van der Waals surface area contributed by atoms with Crippen molar-refractivity contribution in [3.05, 3.63) is 30.1 Å². The van der Waals surface area contributed by atoms with Gasteiger partial charge in [-0.2, -0.15) is 0 Å². The summed E-state index contributed by atoms with van der Waals surface area (Å²) in [5, 5.41) is 0. The number of halogens is 3. The van der Waals surface area contributed by atoms with Crippen LogP contribution in [0.2, 0.25) is 0 Å². The molecule has 0 spiro atoms. The minimum absolute atomic E-state index is 0.280. The Labute approximate surface area is 119 Å². The summed E-state index contributed by atoms with van der Waals surface area (Å²) in [5.41, 5.74) is 7.10. The highest BCUT2D eigenvalue weighted by Crippen LogP contribution is 2.41. The first-order valence-electron chi connectivity index (χ1n) is 6.55. The molecule has 1 aromatic heterocycles. The molecule has 3 rings (SSSR count). The van der Waals surface area contributed by atoms with Gasteiger partial charge in [-0.25, -0.2) is 4.98 Å². The number of alkyl halides is 3. The molecule has 112 valence electrons. The Morgan fingerprint density at radius 2 is 2.05 bits per heavy atom. The van der Waals surface area contributed by atoms with E-state index >= 15 is 0 Å². The van der Waals surface area contributed by atoms with Crippen LogP contribution in [0.3, 0.4) is 0 Å². The standard InChI is InChI=1S/C14H14F3N3O/c1-8-19-12(13(18)20(8)10-5-6-10)9-3-2-4-11(7-9)21-14(15,16)17/h2-4,7,10H,5-6,18H2,1H3. The van der Waals surface area contributed by atoms with E-state index in [0.29, 0.717) is 23.1 Å². The number of anilines is 1. The maximum absolute atomic E-state index is 12.3. The lowest BCUT2D eigenvalue weighted by Crippen LogP contribution is -2.17. The highest BCUT2D eigenvalue weighted by molar-refractivity contribution is 5.72. The van der Waals surface area contributed by atoms with Crippen LogP contribution in [0.25, 0.3) is 11.3 Å². The van der Waals surface area contributed by atoms with Crippen molar-refractivity contribution in [1.82, 2.24) is 9.55 Å². The van der Waals surface area contributed by atoms with Crippen molar-refractivity contribution in [1.29, 1.82) is 0 Å². The quantitative estimate of drug-likeness (QED) is 0.940. The molecule has 1 heterocycles. The second-order valence-corrected chi connectivity index (χ2v) is 5.07. The van der Waals surface area contributed by atoms with Gasteiger partial charge in [-0.15, -0.1) is 13.2 Å². The van der Waals surface area contributed by atoms with Crippen LogP contribution in [0.1, 0.15) is 24.7 Å². The van der Waals surface area contributed by atoms with Crippen molar-refractivity contribution in [2.75, 3.05) is 5.73 Å². The van der Waals surface area contributed by atoms with Crippen LogP contribution in [0, 0.1) is 6.92 Å². The van der Waals surface area contributed by atoms with E-state index in [1.807, 2.05) is 11.5 Å². The summed E-state index contributed by atoms with van der Waals surface area (Å²) < 4.78 is 42.7. The zero-order valence-corrected chi connectivity index (χ0v) is 11.3. The third-order valence-corrected chi connectivity index (χ3v) is 3.38. The topological polar surface area (TPSA) is 53.1 Å². The van der Waals surface area contributed by atoms with E-state index in [-0.39, 0.29) is 5.75 Å². The third kappa shape index (κ3) is 2.81. The van der Waals surface area contributed by atoms with E-state index in [4.69, 9.17) is 5.73 Å². The fraction of sp³-hybridized carbons (Fsp3) is 0.357. The summed E-state index contributed by atoms with van der Waals surface area (Å²) >= 11 is 0. The molecule has 0 radical (unpaired) electrons.